The molecule has 2 aromatic rings. The Labute approximate surface area is 200 Å². The Hall–Kier alpha value is -3.26. The lowest BCUT2D eigenvalue weighted by atomic mass is 9.96. The van der Waals surface area contributed by atoms with Gasteiger partial charge in [-0.2, -0.15) is 5.10 Å². The predicted octanol–water partition coefficient (Wildman–Crippen LogP) is 2.63. The Balaban J connectivity index is 1.17. The maximum atomic E-state index is 13.3. The lowest BCUT2D eigenvalue weighted by molar-refractivity contribution is -0.126. The number of carbonyl (C=O) groups excluding carboxylic acids is 2. The number of amides is 2. The molecule has 0 bridgehead atoms. The minimum atomic E-state index is -0.0656. The van der Waals surface area contributed by atoms with Crippen LogP contribution in [0, 0.1) is 5.92 Å². The Bertz CT molecular complexity index is 1020. The van der Waals surface area contributed by atoms with Gasteiger partial charge in [0.15, 0.2) is 0 Å². The molecule has 0 spiro atoms. The van der Waals surface area contributed by atoms with E-state index in [2.05, 4.69) is 26.0 Å². The molecule has 4 heterocycles. The molecule has 1 aromatic heterocycles. The van der Waals surface area contributed by atoms with Crippen molar-refractivity contribution in [3.63, 3.8) is 0 Å². The van der Waals surface area contributed by atoms with Gasteiger partial charge in [-0.3, -0.25) is 14.5 Å². The number of likely N-dealkylation sites (tertiary alicyclic amines) is 1. The highest BCUT2D eigenvalue weighted by Crippen LogP contribution is 2.23. The number of aromatic nitrogens is 1. The minimum Gasteiger partial charge on any atom is -0.354 e. The molecule has 1 unspecified atom stereocenters. The van der Waals surface area contributed by atoms with Gasteiger partial charge >= 0.3 is 0 Å². The predicted molar refractivity (Wildman–Crippen MR) is 133 cm³/mol. The molecule has 0 radical (unpaired) electrons. The van der Waals surface area contributed by atoms with Gasteiger partial charge in [0.05, 0.1) is 5.69 Å². The first-order chi connectivity index (χ1) is 16.7. The summed E-state index contributed by atoms with van der Waals surface area (Å²) in [5.74, 6) is 1.44. The zero-order valence-corrected chi connectivity index (χ0v) is 19.6. The van der Waals surface area contributed by atoms with Crippen molar-refractivity contribution in [2.75, 3.05) is 55.7 Å². The van der Waals surface area contributed by atoms with Gasteiger partial charge in [0.1, 0.15) is 11.5 Å². The Morgan fingerprint density at radius 2 is 1.74 bits per heavy atom. The van der Waals surface area contributed by atoms with Crippen molar-refractivity contribution in [3.8, 4) is 0 Å². The smallest absolute Gasteiger partial charge is 0.270 e. The lowest BCUT2D eigenvalue weighted by Gasteiger charge is -2.40. The molecule has 0 aliphatic carbocycles. The van der Waals surface area contributed by atoms with E-state index in [4.69, 9.17) is 0 Å². The van der Waals surface area contributed by atoms with Gasteiger partial charge < -0.3 is 9.80 Å². The normalized spacial score (nSPS) is 22.0. The molecule has 2 amide bonds. The highest BCUT2D eigenvalue weighted by molar-refractivity contribution is 6.40. The molecular formula is C26H32N6O2. The van der Waals surface area contributed by atoms with E-state index in [1.165, 1.54) is 5.01 Å². The molecule has 8 heteroatoms. The van der Waals surface area contributed by atoms with Crippen LogP contribution in [0.15, 0.2) is 59.8 Å². The number of hydrogen-bond donors (Lipinski definition) is 0. The van der Waals surface area contributed by atoms with Crippen molar-refractivity contribution in [1.29, 1.82) is 0 Å². The molecule has 1 atom stereocenters. The number of rotatable bonds is 5. The van der Waals surface area contributed by atoms with Crippen LogP contribution in [0.1, 0.15) is 25.7 Å². The average Bonchev–Trinajstić information content (AvgIpc) is 2.90. The number of hydrogen-bond acceptors (Lipinski definition) is 6. The topological polar surface area (TPSA) is 72.4 Å². The first kappa shape index (κ1) is 22.5. The second-order valence-electron chi connectivity index (χ2n) is 9.32. The van der Waals surface area contributed by atoms with Crippen molar-refractivity contribution >= 4 is 29.0 Å². The van der Waals surface area contributed by atoms with E-state index in [0.717, 1.165) is 64.5 Å². The molecule has 2 fully saturated rings. The second-order valence-corrected chi connectivity index (χ2v) is 9.32. The quantitative estimate of drug-likeness (QED) is 0.686. The number of piperidine rings is 1. The van der Waals surface area contributed by atoms with Crippen LogP contribution in [0.3, 0.4) is 0 Å². The number of piperazine rings is 1. The first-order valence-electron chi connectivity index (χ1n) is 12.3. The van der Waals surface area contributed by atoms with Crippen LogP contribution < -0.4 is 9.91 Å². The minimum absolute atomic E-state index is 0.0156. The molecule has 3 aliphatic rings. The van der Waals surface area contributed by atoms with Gasteiger partial charge in [0.2, 0.25) is 5.91 Å². The zero-order valence-electron chi connectivity index (χ0n) is 19.6. The van der Waals surface area contributed by atoms with E-state index in [0.29, 0.717) is 30.2 Å². The van der Waals surface area contributed by atoms with Gasteiger partial charge in [-0.05, 0) is 43.0 Å². The monoisotopic (exact) mass is 460 g/mol. The van der Waals surface area contributed by atoms with E-state index in [1.807, 2.05) is 53.6 Å². The molecular weight excluding hydrogens is 428 g/mol. The summed E-state index contributed by atoms with van der Waals surface area (Å²) in [6.45, 7) is 6.53. The van der Waals surface area contributed by atoms with Crippen molar-refractivity contribution in [1.82, 2.24) is 14.8 Å². The van der Waals surface area contributed by atoms with Crippen LogP contribution in [0.25, 0.3) is 0 Å². The Morgan fingerprint density at radius 3 is 2.50 bits per heavy atom. The average molecular weight is 461 g/mol. The highest BCUT2D eigenvalue weighted by atomic mass is 16.2. The molecule has 0 N–H and O–H groups in total. The number of anilines is 2. The molecule has 34 heavy (non-hydrogen) atoms. The third-order valence-corrected chi connectivity index (χ3v) is 6.95. The van der Waals surface area contributed by atoms with Gasteiger partial charge in [-0.25, -0.2) is 9.99 Å². The van der Waals surface area contributed by atoms with Crippen molar-refractivity contribution in [3.05, 3.63) is 54.7 Å². The summed E-state index contributed by atoms with van der Waals surface area (Å²) in [5.41, 5.74) is 1.20. The zero-order chi connectivity index (χ0) is 23.3. The highest BCUT2D eigenvalue weighted by Gasteiger charge is 2.32. The summed E-state index contributed by atoms with van der Waals surface area (Å²) in [5, 5.41) is 5.86. The largest absolute Gasteiger partial charge is 0.354 e. The van der Waals surface area contributed by atoms with Crippen LogP contribution >= 0.6 is 0 Å². The van der Waals surface area contributed by atoms with Crippen LogP contribution in [-0.4, -0.2) is 78.1 Å². The van der Waals surface area contributed by atoms with E-state index >= 15 is 0 Å². The Kier molecular flexibility index (Phi) is 6.85. The third-order valence-electron chi connectivity index (χ3n) is 6.95. The van der Waals surface area contributed by atoms with E-state index in [9.17, 15) is 9.59 Å². The van der Waals surface area contributed by atoms with E-state index in [-0.39, 0.29) is 11.8 Å². The number of pyridine rings is 1. The number of hydrazone groups is 1. The fraction of sp³-hybridized carbons (Fsp3) is 0.462. The van der Waals surface area contributed by atoms with Crippen LogP contribution in [0.4, 0.5) is 11.5 Å². The van der Waals surface area contributed by atoms with Gasteiger partial charge in [-0.15, -0.1) is 0 Å². The van der Waals surface area contributed by atoms with Crippen molar-refractivity contribution in [2.45, 2.75) is 25.7 Å². The number of nitrogens with zero attached hydrogens (tertiary/aromatic N) is 6. The summed E-state index contributed by atoms with van der Waals surface area (Å²) >= 11 is 0. The molecule has 3 aliphatic heterocycles. The number of carbonyl (C=O) groups is 2. The van der Waals surface area contributed by atoms with Gasteiger partial charge in [0.25, 0.3) is 5.91 Å². The SMILES string of the molecule is O=C(C1=NN(c2ccccc2)C(=O)CC1)N1CCCC(CN2CCN(c3ccccn3)CC2)C1. The van der Waals surface area contributed by atoms with Crippen LogP contribution in [0.5, 0.6) is 0 Å². The van der Waals surface area contributed by atoms with Gasteiger partial charge in [-0.1, -0.05) is 24.3 Å². The van der Waals surface area contributed by atoms with E-state index in [1.54, 1.807) is 0 Å². The summed E-state index contributed by atoms with van der Waals surface area (Å²) in [7, 11) is 0. The molecule has 0 saturated carbocycles. The second kappa shape index (κ2) is 10.3. The number of para-hydroxylation sites is 1. The molecule has 178 valence electrons. The lowest BCUT2D eigenvalue weighted by Crippen LogP contribution is -2.51. The summed E-state index contributed by atoms with van der Waals surface area (Å²) in [6, 6.07) is 15.4. The maximum absolute atomic E-state index is 13.3. The summed E-state index contributed by atoms with van der Waals surface area (Å²) < 4.78 is 0. The molecule has 1 aromatic carbocycles. The Morgan fingerprint density at radius 1 is 0.941 bits per heavy atom. The van der Waals surface area contributed by atoms with Crippen LogP contribution in [-0.2, 0) is 9.59 Å². The van der Waals surface area contributed by atoms with Gasteiger partial charge in [0, 0.05) is 64.9 Å². The molecule has 5 rings (SSSR count). The van der Waals surface area contributed by atoms with E-state index < -0.39 is 0 Å². The standard InChI is InChI=1S/C26H32N6O2/c33-25-12-11-23(28-32(25)22-8-2-1-3-9-22)26(34)31-14-6-7-21(20-31)19-29-15-17-30(18-16-29)24-10-4-5-13-27-24/h1-5,8-10,13,21H,6-7,11-12,14-20H2. The first-order valence-corrected chi connectivity index (χ1v) is 12.3. The van der Waals surface area contributed by atoms with Crippen molar-refractivity contribution < 1.29 is 9.59 Å². The summed E-state index contributed by atoms with van der Waals surface area (Å²) in [4.78, 5) is 37.0. The molecule has 2 saturated heterocycles. The molecule has 8 nitrogen and oxygen atoms in total. The third kappa shape index (κ3) is 5.12. The fourth-order valence-corrected chi connectivity index (χ4v) is 5.12. The number of benzene rings is 1. The fourth-order valence-electron chi connectivity index (χ4n) is 5.12. The van der Waals surface area contributed by atoms with Crippen molar-refractivity contribution in [2.24, 2.45) is 11.0 Å². The summed E-state index contributed by atoms with van der Waals surface area (Å²) in [6.07, 6.45) is 4.74. The maximum Gasteiger partial charge on any atom is 0.270 e. The van der Waals surface area contributed by atoms with Crippen LogP contribution in [0.2, 0.25) is 0 Å².